The predicted molar refractivity (Wildman–Crippen MR) is 113 cm³/mol. The first-order valence-corrected chi connectivity index (χ1v) is 10.4. The van der Waals surface area contributed by atoms with Crippen molar-refractivity contribution in [3.8, 4) is 0 Å². The van der Waals surface area contributed by atoms with Crippen LogP contribution in [0.15, 0.2) is 23.8 Å². The lowest BCUT2D eigenvalue weighted by Crippen LogP contribution is -2.24. The molecule has 0 saturated carbocycles. The zero-order valence-corrected chi connectivity index (χ0v) is 19.1. The summed E-state index contributed by atoms with van der Waals surface area (Å²) in [5, 5.41) is 45.8. The molecule has 0 aliphatic carbocycles. The highest BCUT2D eigenvalue weighted by atomic mass is 31.0. The second kappa shape index (κ2) is 16.0. The topological polar surface area (TPSA) is 201 Å². The smallest absolute Gasteiger partial charge is 0.280 e. The third-order valence-electron chi connectivity index (χ3n) is 3.69. The van der Waals surface area contributed by atoms with Crippen molar-refractivity contribution in [2.24, 2.45) is 0 Å². The number of aromatic amines is 1. The number of ether oxygens (including phenoxy) is 1. The normalized spacial score (nSPS) is 19.6. The van der Waals surface area contributed by atoms with Gasteiger partial charge in [-0.1, -0.05) is 12.7 Å². The van der Waals surface area contributed by atoms with Crippen LogP contribution in [0, 0.1) is 0 Å². The third kappa shape index (κ3) is 8.37. The summed E-state index contributed by atoms with van der Waals surface area (Å²) < 4.78 is 10.9. The van der Waals surface area contributed by atoms with Gasteiger partial charge in [0.2, 0.25) is 5.95 Å². The van der Waals surface area contributed by atoms with E-state index in [9.17, 15) is 9.90 Å². The van der Waals surface area contributed by atoms with Crippen molar-refractivity contribution >= 4 is 35.8 Å². The van der Waals surface area contributed by atoms with Gasteiger partial charge in [-0.3, -0.25) is 14.3 Å². The summed E-state index contributed by atoms with van der Waals surface area (Å²) in [5.41, 5.74) is 0.174. The first-order chi connectivity index (χ1) is 15.5. The summed E-state index contributed by atoms with van der Waals surface area (Å²) in [6.45, 7) is 5.68. The Morgan fingerprint density at radius 1 is 1.41 bits per heavy atom. The third-order valence-corrected chi connectivity index (χ3v) is 3.77. The second-order valence-corrected chi connectivity index (χ2v) is 5.66. The van der Waals surface area contributed by atoms with E-state index in [1.165, 1.54) is 6.33 Å². The highest BCUT2D eigenvalue weighted by molar-refractivity contribution is 7.15. The molecule has 16 nitrogen and oxygen atoms in total. The minimum Gasteiger partial charge on any atom is -0.394 e. The number of hydrogen-bond donors (Lipinski definition) is 5. The molecular formula is C14H25N5O11P2. The van der Waals surface area contributed by atoms with Crippen molar-refractivity contribution in [3.05, 3.63) is 29.3 Å². The highest BCUT2D eigenvalue weighted by Gasteiger charge is 2.35. The molecule has 0 amide bonds. The Bertz CT molecular complexity index is 848. The van der Waals surface area contributed by atoms with Crippen LogP contribution in [0.2, 0.25) is 0 Å². The predicted octanol–water partition coefficient (Wildman–Crippen LogP) is -0.226. The van der Waals surface area contributed by atoms with E-state index in [0.29, 0.717) is 24.6 Å². The van der Waals surface area contributed by atoms with Crippen molar-refractivity contribution in [3.63, 3.8) is 0 Å². The second-order valence-electron chi connectivity index (χ2n) is 5.47. The lowest BCUT2D eigenvalue weighted by atomic mass is 10.2. The maximum Gasteiger partial charge on any atom is 0.280 e. The molecular weight excluding hydrogens is 476 g/mol. The Hall–Kier alpha value is -1.65. The molecule has 2 aromatic heterocycles. The first-order valence-electron chi connectivity index (χ1n) is 8.73. The Kier molecular flexibility index (Phi) is 14.2. The minimum atomic E-state index is -0.771. The Morgan fingerprint density at radius 3 is 2.72 bits per heavy atom. The van der Waals surface area contributed by atoms with Gasteiger partial charge in [0.15, 0.2) is 11.2 Å². The molecule has 5 N–H and O–H groups in total. The summed E-state index contributed by atoms with van der Waals surface area (Å²) in [6.07, 6.45) is 1.43. The molecule has 1 saturated heterocycles. The van der Waals surface area contributed by atoms with Gasteiger partial charge in [-0.05, 0) is 25.2 Å². The SMILES string of the molecule is C=CCNc1nc2c(ncn2[C@H]2C[C@@H](O)[C@@H](CO)O2)c(=O)[nH]1.CP.OOOOOOOP. The maximum atomic E-state index is 12.0. The van der Waals surface area contributed by atoms with Gasteiger partial charge in [-0.2, -0.15) is 9.66 Å². The van der Waals surface area contributed by atoms with Gasteiger partial charge in [0.05, 0.1) is 19.0 Å². The number of hydrogen-bond acceptors (Lipinski definition) is 14. The van der Waals surface area contributed by atoms with Gasteiger partial charge in [-0.15, -0.1) is 15.8 Å². The molecule has 1 aliphatic heterocycles. The number of aromatic nitrogens is 4. The van der Waals surface area contributed by atoms with E-state index < -0.39 is 18.4 Å². The van der Waals surface area contributed by atoms with Crippen LogP contribution >= 0.6 is 18.7 Å². The first kappa shape index (κ1) is 28.4. The minimum absolute atomic E-state index is 0.190. The molecule has 5 atom stereocenters. The molecule has 0 spiro atoms. The number of nitrogens with zero attached hydrogens (tertiary/aromatic N) is 3. The van der Waals surface area contributed by atoms with Gasteiger partial charge >= 0.3 is 0 Å². The van der Waals surface area contributed by atoms with E-state index in [-0.39, 0.29) is 17.7 Å². The van der Waals surface area contributed by atoms with Crippen LogP contribution in [0.3, 0.4) is 0 Å². The molecule has 2 aromatic rings. The number of imidazole rings is 1. The number of aliphatic hydroxyl groups is 2. The number of H-pyrrole nitrogens is 1. The Labute approximate surface area is 185 Å². The maximum absolute atomic E-state index is 12.0. The standard InChI is InChI=1S/C13H17N5O4.CH5P.H3O7P/c1-2-3-14-13-16-11-10(12(21)17-13)15-6-18(11)9-4-7(20)8(5-19)22-9;1-2;1-2-3-4-5-6-7-8/h2,6-9,19-20H,1,3-5H2,(H2,14,16,17,21);2H2,1H3;1H,8H2/t7-,8-,9-;;/m1../s1. The van der Waals surface area contributed by atoms with E-state index in [2.05, 4.69) is 66.0 Å². The average Bonchev–Trinajstić information content (AvgIpc) is 3.40. The van der Waals surface area contributed by atoms with Gasteiger partial charge in [0.1, 0.15) is 12.3 Å². The van der Waals surface area contributed by atoms with Crippen molar-refractivity contribution in [2.75, 3.05) is 25.1 Å². The van der Waals surface area contributed by atoms with Gasteiger partial charge in [0.25, 0.3) is 5.56 Å². The van der Waals surface area contributed by atoms with Crippen LogP contribution in [0.25, 0.3) is 11.2 Å². The molecule has 182 valence electrons. The molecule has 0 bridgehead atoms. The quantitative estimate of drug-likeness (QED) is 0.0940. The number of anilines is 1. The van der Waals surface area contributed by atoms with Gasteiger partial charge in [0, 0.05) is 22.4 Å². The lowest BCUT2D eigenvalue weighted by molar-refractivity contribution is -0.778. The fraction of sp³-hybridized carbons (Fsp3) is 0.500. The van der Waals surface area contributed by atoms with Gasteiger partial charge < -0.3 is 20.3 Å². The van der Waals surface area contributed by atoms with Crippen molar-refractivity contribution in [2.45, 2.75) is 24.9 Å². The van der Waals surface area contributed by atoms with E-state index in [0.717, 1.165) is 0 Å². The number of aliphatic hydroxyl groups excluding tert-OH is 2. The number of fused-ring (bicyclic) bond motifs is 1. The largest absolute Gasteiger partial charge is 0.394 e. The van der Waals surface area contributed by atoms with E-state index in [4.69, 9.17) is 15.1 Å². The highest BCUT2D eigenvalue weighted by Crippen LogP contribution is 2.30. The molecule has 0 radical (unpaired) electrons. The van der Waals surface area contributed by atoms with E-state index in [1.807, 2.05) is 6.66 Å². The molecule has 3 heterocycles. The molecule has 2 unspecified atom stereocenters. The van der Waals surface area contributed by atoms with Crippen LogP contribution in [-0.2, 0) is 34.6 Å². The zero-order valence-electron chi connectivity index (χ0n) is 16.8. The summed E-state index contributed by atoms with van der Waals surface area (Å²) >= 11 is 0. The van der Waals surface area contributed by atoms with E-state index in [1.54, 1.807) is 20.1 Å². The zero-order chi connectivity index (χ0) is 23.9. The Morgan fingerprint density at radius 2 is 2.12 bits per heavy atom. The van der Waals surface area contributed by atoms with Crippen molar-refractivity contribution in [1.29, 1.82) is 0 Å². The molecule has 3 rings (SSSR count). The van der Waals surface area contributed by atoms with E-state index >= 15 is 0 Å². The summed E-state index contributed by atoms with van der Waals surface area (Å²) in [7, 11) is 4.10. The number of nitrogens with one attached hydrogen (secondary N) is 2. The fourth-order valence-electron chi connectivity index (χ4n) is 2.49. The summed E-state index contributed by atoms with van der Waals surface area (Å²) in [6, 6.07) is 0. The lowest BCUT2D eigenvalue weighted by Gasteiger charge is -2.13. The molecule has 1 fully saturated rings. The van der Waals surface area contributed by atoms with Crippen LogP contribution in [-0.4, -0.2) is 67.0 Å². The molecule has 18 heteroatoms. The Balaban J connectivity index is 0.000000436. The van der Waals surface area contributed by atoms with Crippen molar-refractivity contribution < 1.29 is 50.1 Å². The monoisotopic (exact) mass is 501 g/mol. The van der Waals surface area contributed by atoms with Crippen LogP contribution in [0.4, 0.5) is 5.95 Å². The molecule has 1 aliphatic rings. The summed E-state index contributed by atoms with van der Waals surface area (Å²) in [5.74, 6) is 0.302. The van der Waals surface area contributed by atoms with Crippen LogP contribution in [0.5, 0.6) is 0 Å². The van der Waals surface area contributed by atoms with Crippen LogP contribution in [0.1, 0.15) is 12.6 Å². The summed E-state index contributed by atoms with van der Waals surface area (Å²) in [4.78, 5) is 23.0. The fourth-order valence-corrected chi connectivity index (χ4v) is 2.52. The molecule has 32 heavy (non-hydrogen) atoms. The molecule has 0 aromatic carbocycles. The van der Waals surface area contributed by atoms with Crippen molar-refractivity contribution in [1.82, 2.24) is 19.5 Å². The average molecular weight is 501 g/mol. The van der Waals surface area contributed by atoms with Crippen LogP contribution < -0.4 is 10.9 Å². The van der Waals surface area contributed by atoms with Gasteiger partial charge in [-0.25, -0.2) is 10.2 Å². The number of rotatable bonds is 10.